The van der Waals surface area contributed by atoms with Crippen molar-refractivity contribution in [2.75, 3.05) is 37.4 Å². The Morgan fingerprint density at radius 3 is 2.69 bits per heavy atom. The second-order valence-electron chi connectivity index (χ2n) is 9.37. The van der Waals surface area contributed by atoms with Gasteiger partial charge in [-0.15, -0.1) is 0 Å². The van der Waals surface area contributed by atoms with Gasteiger partial charge in [-0.25, -0.2) is 18.4 Å². The maximum Gasteiger partial charge on any atom is 0.226 e. The van der Waals surface area contributed by atoms with Crippen molar-refractivity contribution in [2.24, 2.45) is 5.92 Å². The molecule has 1 amide bonds. The maximum absolute atomic E-state index is 12.9. The van der Waals surface area contributed by atoms with Crippen molar-refractivity contribution >= 4 is 32.6 Å². The Bertz CT molecular complexity index is 1370. The predicted molar refractivity (Wildman–Crippen MR) is 134 cm³/mol. The number of nitrogens with zero attached hydrogens (tertiary/aromatic N) is 3. The molecule has 2 aliphatic heterocycles. The number of fused-ring (bicyclic) bond motifs is 2. The summed E-state index contributed by atoms with van der Waals surface area (Å²) in [5.74, 6) is 0.569. The first-order chi connectivity index (χ1) is 16.8. The van der Waals surface area contributed by atoms with Crippen LogP contribution in [0.3, 0.4) is 0 Å². The van der Waals surface area contributed by atoms with Crippen molar-refractivity contribution in [1.29, 1.82) is 0 Å². The summed E-state index contributed by atoms with van der Waals surface area (Å²) >= 11 is 0. The largest absolute Gasteiger partial charge is 0.371 e. The van der Waals surface area contributed by atoms with E-state index in [0.717, 1.165) is 23.1 Å². The molecule has 35 heavy (non-hydrogen) atoms. The van der Waals surface area contributed by atoms with Crippen LogP contribution >= 0.6 is 0 Å². The molecule has 1 aromatic heterocycles. The topological polar surface area (TPSA) is 101 Å². The molecular weight excluding hydrogens is 464 g/mol. The number of aromatic nitrogens is 2. The van der Waals surface area contributed by atoms with Crippen molar-refractivity contribution in [3.8, 4) is 0 Å². The van der Waals surface area contributed by atoms with E-state index in [1.54, 1.807) is 18.2 Å². The minimum absolute atomic E-state index is 0.0599. The molecule has 1 saturated heterocycles. The lowest BCUT2D eigenvalue weighted by molar-refractivity contribution is -0.126. The highest BCUT2D eigenvalue weighted by Crippen LogP contribution is 2.28. The number of rotatable bonds is 5. The van der Waals surface area contributed by atoms with Gasteiger partial charge in [0.15, 0.2) is 9.84 Å². The molecule has 1 N–H and O–H groups in total. The highest BCUT2D eigenvalue weighted by Gasteiger charge is 2.28. The number of nitrogens with one attached hydrogen (secondary N) is 1. The van der Waals surface area contributed by atoms with E-state index in [0.29, 0.717) is 50.5 Å². The highest BCUT2D eigenvalue weighted by molar-refractivity contribution is 7.90. The summed E-state index contributed by atoms with van der Waals surface area (Å²) in [4.78, 5) is 24.5. The molecule has 5 rings (SSSR count). The molecular formula is C26H30N4O4S. The highest BCUT2D eigenvalue weighted by atomic mass is 32.2. The van der Waals surface area contributed by atoms with Crippen LogP contribution in [0, 0.1) is 12.8 Å². The fourth-order valence-electron chi connectivity index (χ4n) is 4.95. The number of hydrogen-bond donors (Lipinski definition) is 1. The zero-order valence-electron chi connectivity index (χ0n) is 20.0. The van der Waals surface area contributed by atoms with Crippen LogP contribution in [-0.4, -0.2) is 56.8 Å². The van der Waals surface area contributed by atoms with Gasteiger partial charge in [0.2, 0.25) is 11.9 Å². The Kier molecular flexibility index (Phi) is 6.46. The van der Waals surface area contributed by atoms with Gasteiger partial charge in [0.05, 0.1) is 22.7 Å². The molecule has 0 aliphatic carbocycles. The van der Waals surface area contributed by atoms with E-state index in [2.05, 4.69) is 32.3 Å². The first-order valence-electron chi connectivity index (χ1n) is 12.0. The van der Waals surface area contributed by atoms with E-state index in [1.165, 1.54) is 11.8 Å². The molecule has 2 aromatic carbocycles. The summed E-state index contributed by atoms with van der Waals surface area (Å²) in [6.45, 7) is 4.38. The summed E-state index contributed by atoms with van der Waals surface area (Å²) in [5.41, 5.74) is 3.87. The number of ether oxygens (including phenoxy) is 1. The van der Waals surface area contributed by atoms with Gasteiger partial charge in [0.25, 0.3) is 0 Å². The molecule has 8 nitrogen and oxygen atoms in total. The Labute approximate surface area is 205 Å². The number of amides is 1. The molecule has 0 saturated carbocycles. The summed E-state index contributed by atoms with van der Waals surface area (Å²) in [6, 6.07) is 13.2. The minimum Gasteiger partial charge on any atom is -0.371 e. The van der Waals surface area contributed by atoms with E-state index in [9.17, 15) is 13.2 Å². The van der Waals surface area contributed by atoms with Gasteiger partial charge >= 0.3 is 0 Å². The summed E-state index contributed by atoms with van der Waals surface area (Å²) in [6.07, 6.45) is 3.41. The van der Waals surface area contributed by atoms with E-state index in [-0.39, 0.29) is 22.8 Å². The molecule has 184 valence electrons. The van der Waals surface area contributed by atoms with Crippen LogP contribution in [0.15, 0.2) is 47.4 Å². The average Bonchev–Trinajstić information content (AvgIpc) is 2.86. The summed E-state index contributed by atoms with van der Waals surface area (Å²) in [7, 11) is -3.32. The third-order valence-corrected chi connectivity index (χ3v) is 8.09. The Morgan fingerprint density at radius 2 is 1.91 bits per heavy atom. The minimum atomic E-state index is -3.32. The summed E-state index contributed by atoms with van der Waals surface area (Å²) < 4.78 is 29.8. The normalized spacial score (nSPS) is 18.9. The van der Waals surface area contributed by atoms with Crippen molar-refractivity contribution in [3.05, 3.63) is 59.3 Å². The monoisotopic (exact) mass is 494 g/mol. The number of benzene rings is 2. The van der Waals surface area contributed by atoms with Crippen molar-refractivity contribution in [3.63, 3.8) is 0 Å². The Morgan fingerprint density at radius 1 is 1.14 bits per heavy atom. The van der Waals surface area contributed by atoms with Crippen LogP contribution in [0.5, 0.6) is 0 Å². The van der Waals surface area contributed by atoms with Crippen LogP contribution in [0.1, 0.15) is 35.8 Å². The number of hydrogen-bond acceptors (Lipinski definition) is 7. The smallest absolute Gasteiger partial charge is 0.226 e. The molecule has 3 heterocycles. The fourth-order valence-corrected chi connectivity index (χ4v) is 5.59. The van der Waals surface area contributed by atoms with Crippen LogP contribution in [-0.2, 0) is 25.8 Å². The van der Waals surface area contributed by atoms with E-state index in [1.807, 2.05) is 19.1 Å². The van der Waals surface area contributed by atoms with Crippen molar-refractivity contribution in [1.82, 2.24) is 15.3 Å². The van der Waals surface area contributed by atoms with Gasteiger partial charge in [-0.1, -0.05) is 24.3 Å². The number of sulfone groups is 1. The van der Waals surface area contributed by atoms with Gasteiger partial charge in [-0.3, -0.25) is 4.79 Å². The molecule has 2 aliphatic rings. The first kappa shape index (κ1) is 23.7. The van der Waals surface area contributed by atoms with E-state index < -0.39 is 9.84 Å². The standard InChI is InChI=1S/C26H30N4O4S/c1-17-21-8-7-20(35(2,32)33)15-23(21)29-26(28-17)30-12-9-19(10-13-30)25(31)27-16-24-22-6-4-3-5-18(22)11-14-34-24/h3-8,15,19,24H,9-14,16H2,1-2H3,(H,27,31)/t24-/m0/s1. The lowest BCUT2D eigenvalue weighted by Gasteiger charge is -2.32. The van der Waals surface area contributed by atoms with Gasteiger partial charge in [-0.05, 0) is 55.5 Å². The predicted octanol–water partition coefficient (Wildman–Crippen LogP) is 2.99. The fraction of sp³-hybridized carbons (Fsp3) is 0.423. The number of piperidine rings is 1. The zero-order chi connectivity index (χ0) is 24.6. The molecule has 3 aromatic rings. The quantitative estimate of drug-likeness (QED) is 0.582. The van der Waals surface area contributed by atoms with Crippen molar-refractivity contribution in [2.45, 2.75) is 37.2 Å². The third-order valence-electron chi connectivity index (χ3n) is 6.98. The molecule has 9 heteroatoms. The molecule has 0 spiro atoms. The van der Waals surface area contributed by atoms with Crippen LogP contribution in [0.4, 0.5) is 5.95 Å². The second kappa shape index (κ2) is 9.54. The molecule has 0 radical (unpaired) electrons. The maximum atomic E-state index is 12.9. The van der Waals surface area contributed by atoms with Crippen LogP contribution in [0.2, 0.25) is 0 Å². The Hall–Kier alpha value is -3.04. The Balaban J connectivity index is 1.22. The molecule has 1 fully saturated rings. The third kappa shape index (κ3) is 5.01. The number of carbonyl (C=O) groups excluding carboxylic acids is 1. The zero-order valence-corrected chi connectivity index (χ0v) is 20.8. The molecule has 0 unspecified atom stereocenters. The van der Waals surface area contributed by atoms with Crippen molar-refractivity contribution < 1.29 is 17.9 Å². The molecule has 0 bridgehead atoms. The number of carbonyl (C=O) groups is 1. The SMILES string of the molecule is Cc1nc(N2CCC(C(=O)NC[C@@H]3OCCc4ccccc43)CC2)nc2cc(S(C)(=O)=O)ccc12. The lowest BCUT2D eigenvalue weighted by Crippen LogP contribution is -2.42. The molecule has 1 atom stereocenters. The number of aryl methyl sites for hydroxylation is 1. The van der Waals surface area contributed by atoms with Crippen LogP contribution in [0.25, 0.3) is 10.9 Å². The van der Waals surface area contributed by atoms with Gasteiger partial charge < -0.3 is 15.0 Å². The summed E-state index contributed by atoms with van der Waals surface area (Å²) in [5, 5.41) is 3.94. The van der Waals surface area contributed by atoms with E-state index in [4.69, 9.17) is 4.74 Å². The average molecular weight is 495 g/mol. The van der Waals surface area contributed by atoms with E-state index >= 15 is 0 Å². The lowest BCUT2D eigenvalue weighted by atomic mass is 9.95. The van der Waals surface area contributed by atoms with Gasteiger partial charge in [-0.2, -0.15) is 0 Å². The van der Waals surface area contributed by atoms with Gasteiger partial charge in [0.1, 0.15) is 6.10 Å². The second-order valence-corrected chi connectivity index (χ2v) is 11.4. The van der Waals surface area contributed by atoms with Crippen LogP contribution < -0.4 is 10.2 Å². The number of anilines is 1. The first-order valence-corrected chi connectivity index (χ1v) is 13.9. The van der Waals surface area contributed by atoms with Gasteiger partial charge in [0, 0.05) is 37.2 Å².